The molecule has 0 aliphatic rings. The Kier molecular flexibility index (Phi) is 47.5. The van der Waals surface area contributed by atoms with Gasteiger partial charge in [0.2, 0.25) is 0 Å². The third-order valence-corrected chi connectivity index (χ3v) is 13.6. The molecule has 0 amide bonds. The predicted molar refractivity (Wildman–Crippen MR) is 268 cm³/mol. The summed E-state index contributed by atoms with van der Waals surface area (Å²) in [5.74, 6) is 2.52. The average Bonchev–Trinajstić information content (AvgIpc) is 3.25. The van der Waals surface area contributed by atoms with Gasteiger partial charge in [0.1, 0.15) is 0 Å². The molecule has 5 nitrogen and oxygen atoms in total. The van der Waals surface area contributed by atoms with Gasteiger partial charge in [0, 0.05) is 12.8 Å². The van der Waals surface area contributed by atoms with Gasteiger partial charge >= 0.3 is 11.9 Å². The summed E-state index contributed by atoms with van der Waals surface area (Å²) in [4.78, 5) is 27.2. The lowest BCUT2D eigenvalue weighted by molar-refractivity contribution is -0.144. The van der Waals surface area contributed by atoms with Crippen LogP contribution in [0.25, 0.3) is 0 Å². The molecule has 0 unspecified atom stereocenters. The van der Waals surface area contributed by atoms with Crippen LogP contribution in [0, 0.1) is 17.8 Å². The van der Waals surface area contributed by atoms with Crippen molar-refractivity contribution in [3.63, 3.8) is 0 Å². The number of hydrogen-bond acceptors (Lipinski definition) is 5. The monoisotopic (exact) mass is 862 g/mol. The Morgan fingerprint density at radius 1 is 0.328 bits per heavy atom. The highest BCUT2D eigenvalue weighted by Crippen LogP contribution is 2.26. The molecule has 0 aliphatic heterocycles. The summed E-state index contributed by atoms with van der Waals surface area (Å²) in [6.07, 6.45) is 52.8. The number of ether oxygens (including phenoxy) is 2. The van der Waals surface area contributed by atoms with E-state index in [4.69, 9.17) is 9.47 Å². The Balaban J connectivity index is 4.24. The first-order valence-corrected chi connectivity index (χ1v) is 27.8. The summed E-state index contributed by atoms with van der Waals surface area (Å²) in [6.45, 7) is 11.6. The van der Waals surface area contributed by atoms with Gasteiger partial charge < -0.3 is 14.4 Å². The molecule has 0 saturated carbocycles. The first kappa shape index (κ1) is 59.9. The maximum Gasteiger partial charge on any atom is 0.305 e. The standard InChI is InChI=1S/C56H111NO4/c1-7-11-15-26-38-53(39-27-16-12-8-2)45-36-50-60-55(58)47-33-23-19-21-30-42-52(44-32-25-35-49-57(5)6)43-31-22-20-24-34-48-56(59)61-51-37-46-54(40-28-17-13-9-3)41-29-18-14-10-4/h52-54H,7-51H2,1-6H3. The van der Waals surface area contributed by atoms with Crippen molar-refractivity contribution in [3.05, 3.63) is 0 Å². The molecular formula is C56H111NO4. The molecule has 0 bridgehead atoms. The number of rotatable bonds is 50. The third kappa shape index (κ3) is 45.3. The molecule has 0 atom stereocenters. The molecule has 0 aromatic heterocycles. The van der Waals surface area contributed by atoms with Crippen LogP contribution in [-0.2, 0) is 19.1 Å². The highest BCUT2D eigenvalue weighted by Gasteiger charge is 2.13. The summed E-state index contributed by atoms with van der Waals surface area (Å²) in [6, 6.07) is 0. The minimum absolute atomic E-state index is 0.0205. The summed E-state index contributed by atoms with van der Waals surface area (Å²) in [7, 11) is 4.36. The molecule has 0 aromatic rings. The zero-order chi connectivity index (χ0) is 44.7. The molecule has 364 valence electrons. The molecule has 0 heterocycles. The second kappa shape index (κ2) is 48.4. The maximum atomic E-state index is 12.4. The Bertz CT molecular complexity index is 806. The minimum atomic E-state index is 0.0205. The van der Waals surface area contributed by atoms with Gasteiger partial charge in [-0.1, -0.05) is 240 Å². The van der Waals surface area contributed by atoms with Crippen molar-refractivity contribution >= 4 is 11.9 Å². The molecule has 0 N–H and O–H groups in total. The van der Waals surface area contributed by atoms with Gasteiger partial charge in [-0.05, 0) is 83.3 Å². The minimum Gasteiger partial charge on any atom is -0.466 e. The van der Waals surface area contributed by atoms with Crippen molar-refractivity contribution < 1.29 is 19.1 Å². The molecule has 61 heavy (non-hydrogen) atoms. The highest BCUT2D eigenvalue weighted by atomic mass is 16.5. The molecule has 0 saturated heterocycles. The summed E-state index contributed by atoms with van der Waals surface area (Å²) in [5, 5.41) is 0. The lowest BCUT2D eigenvalue weighted by atomic mass is 9.89. The van der Waals surface area contributed by atoms with Crippen LogP contribution in [0.1, 0.15) is 297 Å². The van der Waals surface area contributed by atoms with Gasteiger partial charge in [0.05, 0.1) is 13.2 Å². The van der Waals surface area contributed by atoms with E-state index in [0.717, 1.165) is 56.3 Å². The van der Waals surface area contributed by atoms with Crippen LogP contribution in [0.5, 0.6) is 0 Å². The van der Waals surface area contributed by atoms with Gasteiger partial charge in [-0.3, -0.25) is 9.59 Å². The predicted octanol–water partition coefficient (Wildman–Crippen LogP) is 17.9. The Morgan fingerprint density at radius 2 is 0.574 bits per heavy atom. The van der Waals surface area contributed by atoms with E-state index in [2.05, 4.69) is 46.7 Å². The van der Waals surface area contributed by atoms with Crippen LogP contribution < -0.4 is 0 Å². The topological polar surface area (TPSA) is 55.8 Å². The first-order valence-electron chi connectivity index (χ1n) is 27.8. The number of carbonyl (C=O) groups excluding carboxylic acids is 2. The SMILES string of the molecule is CCCCCCC(CCCCCC)CCCOC(=O)CCCCCCCC(CCCCCCCC(=O)OCCCC(CCCCCC)CCCCCC)CCCCCN(C)C. The van der Waals surface area contributed by atoms with Gasteiger partial charge in [-0.25, -0.2) is 0 Å². The summed E-state index contributed by atoms with van der Waals surface area (Å²) in [5.41, 5.74) is 0. The largest absolute Gasteiger partial charge is 0.466 e. The first-order chi connectivity index (χ1) is 29.9. The van der Waals surface area contributed by atoms with Crippen molar-refractivity contribution in [1.29, 1.82) is 0 Å². The number of nitrogens with zero attached hydrogens (tertiary/aromatic N) is 1. The van der Waals surface area contributed by atoms with Crippen molar-refractivity contribution in [2.45, 2.75) is 297 Å². The Morgan fingerprint density at radius 3 is 0.869 bits per heavy atom. The third-order valence-electron chi connectivity index (χ3n) is 13.6. The summed E-state index contributed by atoms with van der Waals surface area (Å²) >= 11 is 0. The fraction of sp³-hybridized carbons (Fsp3) is 0.964. The molecule has 0 aromatic carbocycles. The second-order valence-corrected chi connectivity index (χ2v) is 20.0. The van der Waals surface area contributed by atoms with E-state index in [9.17, 15) is 9.59 Å². The molecule has 5 heteroatoms. The van der Waals surface area contributed by atoms with Crippen LogP contribution in [0.3, 0.4) is 0 Å². The van der Waals surface area contributed by atoms with E-state index >= 15 is 0 Å². The van der Waals surface area contributed by atoms with Crippen molar-refractivity contribution in [2.75, 3.05) is 33.9 Å². The molecule has 0 spiro atoms. The number of unbranched alkanes of at least 4 members (excludes halogenated alkanes) is 22. The van der Waals surface area contributed by atoms with Crippen LogP contribution in [0.4, 0.5) is 0 Å². The Hall–Kier alpha value is -1.10. The maximum absolute atomic E-state index is 12.4. The van der Waals surface area contributed by atoms with E-state index in [0.29, 0.717) is 26.1 Å². The number of hydrogen-bond donors (Lipinski definition) is 0. The zero-order valence-electron chi connectivity index (χ0n) is 42.6. The molecular weight excluding hydrogens is 751 g/mol. The van der Waals surface area contributed by atoms with Crippen molar-refractivity contribution in [3.8, 4) is 0 Å². The van der Waals surface area contributed by atoms with Gasteiger partial charge in [0.25, 0.3) is 0 Å². The second-order valence-electron chi connectivity index (χ2n) is 20.0. The number of esters is 2. The van der Waals surface area contributed by atoms with Crippen LogP contribution in [0.2, 0.25) is 0 Å². The number of carbonyl (C=O) groups is 2. The highest BCUT2D eigenvalue weighted by molar-refractivity contribution is 5.69. The van der Waals surface area contributed by atoms with Crippen molar-refractivity contribution in [1.82, 2.24) is 4.90 Å². The molecule has 0 rings (SSSR count). The fourth-order valence-corrected chi connectivity index (χ4v) is 9.50. The van der Waals surface area contributed by atoms with Gasteiger partial charge in [0.15, 0.2) is 0 Å². The normalized spacial score (nSPS) is 11.8. The van der Waals surface area contributed by atoms with Crippen molar-refractivity contribution in [2.24, 2.45) is 17.8 Å². The van der Waals surface area contributed by atoms with Crippen LogP contribution in [-0.4, -0.2) is 50.7 Å². The van der Waals surface area contributed by atoms with Crippen LogP contribution in [0.15, 0.2) is 0 Å². The van der Waals surface area contributed by atoms with E-state index in [1.807, 2.05) is 0 Å². The zero-order valence-corrected chi connectivity index (χ0v) is 42.6. The molecule has 0 aliphatic carbocycles. The average molecular weight is 863 g/mol. The van der Waals surface area contributed by atoms with E-state index in [1.54, 1.807) is 0 Å². The van der Waals surface area contributed by atoms with Gasteiger partial charge in [-0.2, -0.15) is 0 Å². The van der Waals surface area contributed by atoms with E-state index in [-0.39, 0.29) is 11.9 Å². The molecule has 0 radical (unpaired) electrons. The van der Waals surface area contributed by atoms with E-state index in [1.165, 1.54) is 225 Å². The Labute approximate surface area is 383 Å². The van der Waals surface area contributed by atoms with Crippen LogP contribution >= 0.6 is 0 Å². The fourth-order valence-electron chi connectivity index (χ4n) is 9.50. The smallest absolute Gasteiger partial charge is 0.305 e. The lowest BCUT2D eigenvalue weighted by Gasteiger charge is -2.17. The lowest BCUT2D eigenvalue weighted by Crippen LogP contribution is -2.12. The molecule has 0 fully saturated rings. The van der Waals surface area contributed by atoms with Gasteiger partial charge in [-0.15, -0.1) is 0 Å². The summed E-state index contributed by atoms with van der Waals surface area (Å²) < 4.78 is 11.3. The van der Waals surface area contributed by atoms with E-state index < -0.39 is 0 Å². The quantitative estimate of drug-likeness (QED) is 0.0450.